The van der Waals surface area contributed by atoms with Gasteiger partial charge in [0.25, 0.3) is 0 Å². The molecule has 0 amide bonds. The van der Waals surface area contributed by atoms with Crippen LogP contribution in [0.4, 0.5) is 0 Å². The van der Waals surface area contributed by atoms with E-state index >= 15 is 0 Å². The smallest absolute Gasteiger partial charge is 0.140 e. The summed E-state index contributed by atoms with van der Waals surface area (Å²) in [6.07, 6.45) is 2.79. The maximum atomic E-state index is 11.2. The summed E-state index contributed by atoms with van der Waals surface area (Å²) >= 11 is 0. The molecule has 66 valence electrons. The zero-order chi connectivity index (χ0) is 9.10. The number of hydrogen-bond donors (Lipinski definition) is 0. The number of hydrogen-bond acceptors (Lipinski definition) is 2. The average molecular weight is 173 g/mol. The van der Waals surface area contributed by atoms with Crippen molar-refractivity contribution in [2.45, 2.75) is 18.9 Å². The first-order valence-electron chi connectivity index (χ1n) is 4.44. The molecule has 0 aliphatic carbocycles. The third-order valence-corrected chi connectivity index (χ3v) is 2.21. The Morgan fingerprint density at radius 3 is 2.69 bits per heavy atom. The van der Waals surface area contributed by atoms with Crippen LogP contribution in [0.15, 0.2) is 35.3 Å². The third-order valence-electron chi connectivity index (χ3n) is 2.21. The lowest BCUT2D eigenvalue weighted by atomic mass is 9.99. The molecule has 2 nitrogen and oxygen atoms in total. The predicted octanol–water partition coefficient (Wildman–Crippen LogP) is 2.16. The lowest BCUT2D eigenvalue weighted by molar-refractivity contribution is -0.118. The first-order chi connectivity index (χ1) is 6.36. The Bertz CT molecular complexity index is 329. The molecular formula is C11H11NO. The summed E-state index contributed by atoms with van der Waals surface area (Å²) in [7, 11) is 0. The molecule has 13 heavy (non-hydrogen) atoms. The summed E-state index contributed by atoms with van der Waals surface area (Å²) in [5, 5.41) is 0. The molecule has 0 bridgehead atoms. The maximum Gasteiger partial charge on any atom is 0.140 e. The van der Waals surface area contributed by atoms with Crippen molar-refractivity contribution in [2.75, 3.05) is 0 Å². The third kappa shape index (κ3) is 1.83. The Morgan fingerprint density at radius 1 is 1.23 bits per heavy atom. The van der Waals surface area contributed by atoms with Crippen LogP contribution in [0.1, 0.15) is 24.4 Å². The Hall–Kier alpha value is -1.44. The summed E-state index contributed by atoms with van der Waals surface area (Å²) in [6.45, 7) is 0. The minimum absolute atomic E-state index is 0.0578. The van der Waals surface area contributed by atoms with Crippen LogP contribution in [0, 0.1) is 0 Å². The molecule has 0 fully saturated rings. The van der Waals surface area contributed by atoms with Crippen molar-refractivity contribution in [2.24, 2.45) is 4.99 Å². The van der Waals surface area contributed by atoms with Gasteiger partial charge in [-0.15, -0.1) is 0 Å². The van der Waals surface area contributed by atoms with Gasteiger partial charge in [-0.1, -0.05) is 30.3 Å². The lowest BCUT2D eigenvalue weighted by Gasteiger charge is -2.14. The molecule has 1 aliphatic rings. The quantitative estimate of drug-likeness (QED) is 0.639. The highest BCUT2D eigenvalue weighted by atomic mass is 16.1. The number of rotatable bonds is 1. The van der Waals surface area contributed by atoms with Crippen LogP contribution in [-0.2, 0) is 4.79 Å². The Balaban J connectivity index is 2.22. The second-order valence-electron chi connectivity index (χ2n) is 3.21. The molecule has 1 heterocycles. The van der Waals surface area contributed by atoms with Gasteiger partial charge in [0.2, 0.25) is 0 Å². The number of ketones is 1. The van der Waals surface area contributed by atoms with Crippen LogP contribution >= 0.6 is 0 Å². The van der Waals surface area contributed by atoms with E-state index in [4.69, 9.17) is 0 Å². The molecule has 1 unspecified atom stereocenters. The first kappa shape index (κ1) is 8.17. The lowest BCUT2D eigenvalue weighted by Crippen LogP contribution is -2.11. The standard InChI is InChI=1S/C11H11NO/c13-10-6-7-12-11(8-10)9-4-2-1-3-5-9/h1-5,7,11H,6,8H2. The van der Waals surface area contributed by atoms with Gasteiger partial charge < -0.3 is 0 Å². The zero-order valence-electron chi connectivity index (χ0n) is 7.31. The van der Waals surface area contributed by atoms with E-state index in [-0.39, 0.29) is 11.8 Å². The van der Waals surface area contributed by atoms with E-state index < -0.39 is 0 Å². The van der Waals surface area contributed by atoms with Crippen LogP contribution in [-0.4, -0.2) is 12.0 Å². The summed E-state index contributed by atoms with van der Waals surface area (Å²) in [4.78, 5) is 15.5. The molecule has 0 aromatic heterocycles. The molecule has 0 radical (unpaired) electrons. The molecule has 0 saturated carbocycles. The van der Waals surface area contributed by atoms with Crippen LogP contribution in [0.25, 0.3) is 0 Å². The predicted molar refractivity (Wildman–Crippen MR) is 51.9 cm³/mol. The van der Waals surface area contributed by atoms with Crippen molar-refractivity contribution in [1.82, 2.24) is 0 Å². The second kappa shape index (κ2) is 3.52. The normalized spacial score (nSPS) is 21.8. The van der Waals surface area contributed by atoms with Crippen molar-refractivity contribution in [3.8, 4) is 0 Å². The fourth-order valence-corrected chi connectivity index (χ4v) is 1.51. The molecule has 0 saturated heterocycles. The van der Waals surface area contributed by atoms with Crippen LogP contribution in [0.5, 0.6) is 0 Å². The van der Waals surface area contributed by atoms with E-state index in [1.54, 1.807) is 6.21 Å². The fourth-order valence-electron chi connectivity index (χ4n) is 1.51. The summed E-state index contributed by atoms with van der Waals surface area (Å²) in [6, 6.07) is 10.0. The average Bonchev–Trinajstić information content (AvgIpc) is 2.19. The molecule has 2 heteroatoms. The van der Waals surface area contributed by atoms with E-state index in [1.165, 1.54) is 0 Å². The van der Waals surface area contributed by atoms with Gasteiger partial charge in [0, 0.05) is 19.1 Å². The highest BCUT2D eigenvalue weighted by Gasteiger charge is 2.16. The minimum Gasteiger partial charge on any atom is -0.299 e. The van der Waals surface area contributed by atoms with E-state index in [9.17, 15) is 4.79 Å². The molecule has 1 aromatic rings. The second-order valence-corrected chi connectivity index (χ2v) is 3.21. The highest BCUT2D eigenvalue weighted by molar-refractivity contribution is 5.93. The van der Waals surface area contributed by atoms with Crippen molar-refractivity contribution in [3.63, 3.8) is 0 Å². The SMILES string of the molecule is O=C1CC=NC(c2ccccc2)C1. The van der Waals surface area contributed by atoms with Crippen LogP contribution in [0.3, 0.4) is 0 Å². The van der Waals surface area contributed by atoms with Crippen molar-refractivity contribution in [1.29, 1.82) is 0 Å². The van der Waals surface area contributed by atoms with Gasteiger partial charge in [-0.25, -0.2) is 0 Å². The number of Topliss-reactive ketones (excluding diaryl/α,β-unsaturated/α-hetero) is 1. The highest BCUT2D eigenvalue weighted by Crippen LogP contribution is 2.23. The molecule has 1 aliphatic heterocycles. The topological polar surface area (TPSA) is 29.4 Å². The van der Waals surface area contributed by atoms with Gasteiger partial charge >= 0.3 is 0 Å². The summed E-state index contributed by atoms with van der Waals surface area (Å²) in [5.74, 6) is 0.281. The summed E-state index contributed by atoms with van der Waals surface area (Å²) in [5.41, 5.74) is 1.13. The molecule has 0 N–H and O–H groups in total. The van der Waals surface area contributed by atoms with Gasteiger partial charge in [0.15, 0.2) is 0 Å². The number of carbonyl (C=O) groups is 1. The molecule has 2 rings (SSSR count). The monoisotopic (exact) mass is 173 g/mol. The Morgan fingerprint density at radius 2 is 2.00 bits per heavy atom. The molecule has 1 aromatic carbocycles. The van der Waals surface area contributed by atoms with Gasteiger partial charge in [-0.3, -0.25) is 9.79 Å². The van der Waals surface area contributed by atoms with E-state index in [2.05, 4.69) is 4.99 Å². The van der Waals surface area contributed by atoms with E-state index in [0.29, 0.717) is 12.8 Å². The molecular weight excluding hydrogens is 162 g/mol. The van der Waals surface area contributed by atoms with E-state index in [1.807, 2.05) is 30.3 Å². The van der Waals surface area contributed by atoms with Crippen molar-refractivity contribution < 1.29 is 4.79 Å². The first-order valence-corrected chi connectivity index (χ1v) is 4.44. The van der Waals surface area contributed by atoms with Crippen molar-refractivity contribution in [3.05, 3.63) is 35.9 Å². The minimum atomic E-state index is 0.0578. The van der Waals surface area contributed by atoms with Gasteiger partial charge in [0.05, 0.1) is 6.04 Å². The fraction of sp³-hybridized carbons (Fsp3) is 0.273. The Kier molecular flexibility index (Phi) is 2.21. The van der Waals surface area contributed by atoms with Gasteiger partial charge in [-0.2, -0.15) is 0 Å². The van der Waals surface area contributed by atoms with Gasteiger partial charge in [0.1, 0.15) is 5.78 Å². The zero-order valence-corrected chi connectivity index (χ0v) is 7.31. The van der Waals surface area contributed by atoms with Crippen LogP contribution in [0.2, 0.25) is 0 Å². The van der Waals surface area contributed by atoms with Crippen molar-refractivity contribution >= 4 is 12.0 Å². The Labute approximate surface area is 77.3 Å². The van der Waals surface area contributed by atoms with Gasteiger partial charge in [-0.05, 0) is 5.56 Å². The number of carbonyl (C=O) groups excluding carboxylic acids is 1. The molecule has 1 atom stereocenters. The maximum absolute atomic E-state index is 11.2. The number of nitrogens with zero attached hydrogens (tertiary/aromatic N) is 1. The number of aliphatic imine (C=N–C) groups is 1. The van der Waals surface area contributed by atoms with E-state index in [0.717, 1.165) is 5.56 Å². The molecule has 0 spiro atoms. The number of benzene rings is 1. The van der Waals surface area contributed by atoms with Crippen LogP contribution < -0.4 is 0 Å². The summed E-state index contributed by atoms with van der Waals surface area (Å²) < 4.78 is 0. The largest absolute Gasteiger partial charge is 0.299 e.